The van der Waals surface area contributed by atoms with E-state index in [9.17, 15) is 15.0 Å². The van der Waals surface area contributed by atoms with Gasteiger partial charge in [0.15, 0.2) is 0 Å². The van der Waals surface area contributed by atoms with E-state index in [1.807, 2.05) is 24.3 Å². The van der Waals surface area contributed by atoms with Gasteiger partial charge >= 0.3 is 6.09 Å². The molecule has 132 valence electrons. The Morgan fingerprint density at radius 3 is 2.48 bits per heavy atom. The summed E-state index contributed by atoms with van der Waals surface area (Å²) in [6.45, 7) is 1.52. The van der Waals surface area contributed by atoms with E-state index in [-0.39, 0.29) is 5.75 Å². The molecule has 2 aromatic carbocycles. The third-order valence-corrected chi connectivity index (χ3v) is 4.98. The van der Waals surface area contributed by atoms with Crippen molar-refractivity contribution in [2.45, 2.75) is 25.3 Å². The highest BCUT2D eigenvalue weighted by Crippen LogP contribution is 2.36. The van der Waals surface area contributed by atoms with E-state index in [1.54, 1.807) is 24.3 Å². The minimum Gasteiger partial charge on any atom is -0.507 e. The number of phenolic OH excluding ortho intramolecular Hbond substituents is 1. The zero-order valence-electron chi connectivity index (χ0n) is 14.4. The van der Waals surface area contributed by atoms with E-state index >= 15 is 0 Å². The van der Waals surface area contributed by atoms with Crippen molar-refractivity contribution in [3.8, 4) is 16.9 Å². The summed E-state index contributed by atoms with van der Waals surface area (Å²) in [5.41, 5.74) is 1.97. The molecule has 0 bridgehead atoms. The average Bonchev–Trinajstić information content (AvgIpc) is 3.01. The largest absolute Gasteiger partial charge is 0.507 e. The molecule has 0 spiro atoms. The molecule has 1 aliphatic rings. The van der Waals surface area contributed by atoms with Crippen LogP contribution in [-0.2, 0) is 0 Å². The Morgan fingerprint density at radius 1 is 1.16 bits per heavy atom. The predicted octanol–water partition coefficient (Wildman–Crippen LogP) is 4.03. The maximum atomic E-state index is 11.9. The van der Waals surface area contributed by atoms with Crippen molar-refractivity contribution >= 4 is 11.8 Å². The monoisotopic (exact) mass is 340 g/mol. The van der Waals surface area contributed by atoms with E-state index in [2.05, 4.69) is 11.9 Å². The molecule has 1 fully saturated rings. The van der Waals surface area contributed by atoms with Crippen molar-refractivity contribution < 1.29 is 15.0 Å². The SMILES string of the molecule is CN1CCCC1CCN(C(=O)O)c1ccccc1-c1ccccc1O. The van der Waals surface area contributed by atoms with Gasteiger partial charge in [-0.25, -0.2) is 4.79 Å². The number of likely N-dealkylation sites (tertiary alicyclic amines) is 1. The first-order chi connectivity index (χ1) is 12.1. The molecule has 1 heterocycles. The van der Waals surface area contributed by atoms with Gasteiger partial charge in [-0.3, -0.25) is 4.90 Å². The molecule has 25 heavy (non-hydrogen) atoms. The predicted molar refractivity (Wildman–Crippen MR) is 99.2 cm³/mol. The molecule has 5 heteroatoms. The molecule has 0 saturated carbocycles. The summed E-state index contributed by atoms with van der Waals surface area (Å²) < 4.78 is 0. The molecule has 2 N–H and O–H groups in total. The highest BCUT2D eigenvalue weighted by Gasteiger charge is 2.24. The van der Waals surface area contributed by atoms with Gasteiger partial charge in [-0.2, -0.15) is 0 Å². The number of benzene rings is 2. The minimum atomic E-state index is -0.969. The first-order valence-corrected chi connectivity index (χ1v) is 8.66. The number of phenols is 1. The molecule has 1 aliphatic heterocycles. The summed E-state index contributed by atoms with van der Waals surface area (Å²) in [5, 5.41) is 19.9. The number of rotatable bonds is 5. The zero-order chi connectivity index (χ0) is 17.8. The molecule has 0 aromatic heterocycles. The van der Waals surface area contributed by atoms with Gasteiger partial charge in [0.2, 0.25) is 0 Å². The number of anilines is 1. The lowest BCUT2D eigenvalue weighted by Gasteiger charge is -2.26. The normalized spacial score (nSPS) is 17.6. The topological polar surface area (TPSA) is 64.0 Å². The van der Waals surface area contributed by atoms with Crippen LogP contribution in [0.2, 0.25) is 0 Å². The molecule has 1 unspecified atom stereocenters. The first-order valence-electron chi connectivity index (χ1n) is 8.66. The Labute approximate surface area is 148 Å². The van der Waals surface area contributed by atoms with E-state index in [4.69, 9.17) is 0 Å². The highest BCUT2D eigenvalue weighted by molar-refractivity contribution is 5.93. The van der Waals surface area contributed by atoms with Gasteiger partial charge in [0.1, 0.15) is 5.75 Å². The van der Waals surface area contributed by atoms with E-state index in [0.29, 0.717) is 23.8 Å². The van der Waals surface area contributed by atoms with Crippen LogP contribution in [0.3, 0.4) is 0 Å². The lowest BCUT2D eigenvalue weighted by molar-refractivity contribution is 0.200. The summed E-state index contributed by atoms with van der Waals surface area (Å²) in [7, 11) is 2.10. The van der Waals surface area contributed by atoms with Crippen molar-refractivity contribution in [2.75, 3.05) is 25.0 Å². The van der Waals surface area contributed by atoms with Crippen LogP contribution in [0.25, 0.3) is 11.1 Å². The Bertz CT molecular complexity index is 747. The van der Waals surface area contributed by atoms with Gasteiger partial charge in [0, 0.05) is 23.7 Å². The highest BCUT2D eigenvalue weighted by atomic mass is 16.4. The second-order valence-electron chi connectivity index (χ2n) is 6.53. The van der Waals surface area contributed by atoms with Gasteiger partial charge in [-0.15, -0.1) is 0 Å². The Kier molecular flexibility index (Phi) is 5.24. The van der Waals surface area contributed by atoms with Gasteiger partial charge in [0.25, 0.3) is 0 Å². The number of amides is 1. The van der Waals surface area contributed by atoms with Gasteiger partial charge < -0.3 is 15.1 Å². The molecule has 1 atom stereocenters. The second kappa shape index (κ2) is 7.57. The smallest absolute Gasteiger partial charge is 0.411 e. The van der Waals surface area contributed by atoms with Crippen LogP contribution in [0.4, 0.5) is 10.5 Å². The molecule has 0 radical (unpaired) electrons. The summed E-state index contributed by atoms with van der Waals surface area (Å²) in [6, 6.07) is 14.8. The number of nitrogens with zero attached hydrogens (tertiary/aromatic N) is 2. The number of hydrogen-bond donors (Lipinski definition) is 2. The fourth-order valence-corrected chi connectivity index (χ4v) is 3.58. The van der Waals surface area contributed by atoms with Crippen LogP contribution in [-0.4, -0.2) is 47.4 Å². The van der Waals surface area contributed by atoms with Crippen LogP contribution >= 0.6 is 0 Å². The van der Waals surface area contributed by atoms with Crippen LogP contribution < -0.4 is 4.90 Å². The quantitative estimate of drug-likeness (QED) is 0.862. The molecule has 5 nitrogen and oxygen atoms in total. The number of carbonyl (C=O) groups is 1. The lowest BCUT2D eigenvalue weighted by atomic mass is 10.0. The third kappa shape index (κ3) is 3.77. The summed E-state index contributed by atoms with van der Waals surface area (Å²) >= 11 is 0. The maximum Gasteiger partial charge on any atom is 0.411 e. The van der Waals surface area contributed by atoms with Gasteiger partial charge in [0.05, 0.1) is 5.69 Å². The van der Waals surface area contributed by atoms with Crippen molar-refractivity contribution in [1.82, 2.24) is 4.90 Å². The van der Waals surface area contributed by atoms with Crippen LogP contribution in [0.15, 0.2) is 48.5 Å². The fraction of sp³-hybridized carbons (Fsp3) is 0.350. The average molecular weight is 340 g/mol. The third-order valence-electron chi connectivity index (χ3n) is 4.98. The molecule has 1 saturated heterocycles. The molecule has 0 aliphatic carbocycles. The van der Waals surface area contributed by atoms with Crippen molar-refractivity contribution in [3.05, 3.63) is 48.5 Å². The van der Waals surface area contributed by atoms with Crippen molar-refractivity contribution in [2.24, 2.45) is 0 Å². The Balaban J connectivity index is 1.89. The van der Waals surface area contributed by atoms with Gasteiger partial charge in [-0.1, -0.05) is 36.4 Å². The maximum absolute atomic E-state index is 11.9. The van der Waals surface area contributed by atoms with Crippen molar-refractivity contribution in [1.29, 1.82) is 0 Å². The molecular weight excluding hydrogens is 316 g/mol. The van der Waals surface area contributed by atoms with E-state index < -0.39 is 6.09 Å². The fourth-order valence-electron chi connectivity index (χ4n) is 3.58. The second-order valence-corrected chi connectivity index (χ2v) is 6.53. The van der Waals surface area contributed by atoms with Crippen molar-refractivity contribution in [3.63, 3.8) is 0 Å². The standard InChI is InChI=1S/C20H24N2O3/c1-21-13-6-7-15(21)12-14-22(20(24)25)18-10-4-2-8-16(18)17-9-3-5-11-19(17)23/h2-5,8-11,15,23H,6-7,12-14H2,1H3,(H,24,25). The minimum absolute atomic E-state index is 0.149. The first kappa shape index (κ1) is 17.3. The van der Waals surface area contributed by atoms with Crippen LogP contribution in [0.5, 0.6) is 5.75 Å². The molecule has 2 aromatic rings. The van der Waals surface area contributed by atoms with Gasteiger partial charge in [-0.05, 0) is 45.0 Å². The summed E-state index contributed by atoms with van der Waals surface area (Å²) in [6.07, 6.45) is 2.12. The zero-order valence-corrected chi connectivity index (χ0v) is 14.4. The van der Waals surface area contributed by atoms with E-state index in [0.717, 1.165) is 24.9 Å². The van der Waals surface area contributed by atoms with Crippen LogP contribution in [0.1, 0.15) is 19.3 Å². The number of carboxylic acid groups (broad SMARTS) is 1. The number of aromatic hydroxyl groups is 1. The summed E-state index contributed by atoms with van der Waals surface area (Å²) in [5.74, 6) is 0.149. The number of hydrogen-bond acceptors (Lipinski definition) is 3. The molecule has 3 rings (SSSR count). The Morgan fingerprint density at radius 2 is 1.84 bits per heavy atom. The lowest BCUT2D eigenvalue weighted by Crippen LogP contribution is -2.35. The van der Waals surface area contributed by atoms with Crippen LogP contribution in [0, 0.1) is 0 Å². The summed E-state index contributed by atoms with van der Waals surface area (Å²) in [4.78, 5) is 15.6. The molecular formula is C20H24N2O3. The Hall–Kier alpha value is -2.53. The number of para-hydroxylation sites is 2. The molecule has 1 amide bonds. The van der Waals surface area contributed by atoms with E-state index in [1.165, 1.54) is 11.3 Å².